The summed E-state index contributed by atoms with van der Waals surface area (Å²) in [6, 6.07) is -2.04. The van der Waals surface area contributed by atoms with E-state index in [4.69, 9.17) is 5.11 Å². The number of nitrogens with zero attached hydrogens (tertiary/aromatic N) is 3. The molecule has 0 aromatic carbocycles. The lowest BCUT2D eigenvalue weighted by Crippen LogP contribution is -2.43. The predicted molar refractivity (Wildman–Crippen MR) is 64.7 cm³/mol. The molecule has 1 rings (SSSR count). The molecule has 0 saturated carbocycles. The van der Waals surface area contributed by atoms with Gasteiger partial charge in [0.25, 0.3) is 5.95 Å². The Bertz CT molecular complexity index is 480. The number of anilines is 1. The first-order valence-electron chi connectivity index (χ1n) is 5.53. The molecule has 10 nitrogen and oxygen atoms in total. The number of aliphatic carboxylic acids is 1. The number of amides is 2. The summed E-state index contributed by atoms with van der Waals surface area (Å²) in [5.41, 5.74) is 0. The lowest BCUT2D eigenvalue weighted by atomic mass is 10.1. The van der Waals surface area contributed by atoms with Crippen LogP contribution in [-0.2, 0) is 14.3 Å². The number of aromatic nitrogens is 3. The van der Waals surface area contributed by atoms with Crippen LogP contribution in [0.25, 0.3) is 0 Å². The van der Waals surface area contributed by atoms with E-state index in [-0.39, 0.29) is 18.8 Å². The van der Waals surface area contributed by atoms with Gasteiger partial charge in [-0.25, -0.2) is 14.6 Å². The number of ether oxygens (including phenoxy) is 1. The topological polar surface area (TPSA) is 143 Å². The van der Waals surface area contributed by atoms with Gasteiger partial charge in [0, 0.05) is 6.42 Å². The van der Waals surface area contributed by atoms with Crippen LogP contribution < -0.4 is 10.6 Å². The molecule has 10 heteroatoms. The lowest BCUT2D eigenvalue weighted by molar-refractivity contribution is -0.142. The number of esters is 1. The molecule has 3 N–H and O–H groups in total. The number of carboxylic acids is 1. The maximum Gasteiger partial charge on any atom is 0.326 e. The molecular weight excluding hydrogens is 270 g/mol. The number of carbonyl (C=O) groups is 3. The molecule has 0 aliphatic carbocycles. The van der Waals surface area contributed by atoms with Gasteiger partial charge in [0.05, 0.1) is 19.5 Å². The fourth-order valence-electron chi connectivity index (χ4n) is 1.22. The average molecular weight is 283 g/mol. The number of carbonyl (C=O) groups excluding carboxylic acids is 2. The number of nitrogens with one attached hydrogen (secondary N) is 2. The summed E-state index contributed by atoms with van der Waals surface area (Å²) in [6.07, 6.45) is 2.41. The van der Waals surface area contributed by atoms with Gasteiger partial charge >= 0.3 is 18.0 Å². The third kappa shape index (κ3) is 5.25. The molecule has 0 unspecified atom stereocenters. The average Bonchev–Trinajstić information content (AvgIpc) is 2.43. The monoisotopic (exact) mass is 283 g/mol. The zero-order chi connectivity index (χ0) is 15.0. The summed E-state index contributed by atoms with van der Waals surface area (Å²) in [5, 5.41) is 20.3. The standard InChI is InChI=1S/C10H13N5O5/c1-20-7(16)3-2-6(8(17)18)13-10(19)14-9-11-4-5-12-15-9/h4-6H,2-3H2,1H3,(H,17,18)(H2,11,13,14,15,19)/t6-/m1/s1. The van der Waals surface area contributed by atoms with Crippen molar-refractivity contribution < 1.29 is 24.2 Å². The molecule has 2 amide bonds. The second kappa shape index (κ2) is 7.61. The van der Waals surface area contributed by atoms with E-state index in [2.05, 4.69) is 30.6 Å². The maximum atomic E-state index is 11.5. The summed E-state index contributed by atoms with van der Waals surface area (Å²) in [7, 11) is 1.19. The largest absolute Gasteiger partial charge is 0.480 e. The Morgan fingerprint density at radius 3 is 2.70 bits per heavy atom. The second-order valence-electron chi connectivity index (χ2n) is 3.57. The van der Waals surface area contributed by atoms with Crippen LogP contribution in [0.3, 0.4) is 0 Å². The van der Waals surface area contributed by atoms with Crippen molar-refractivity contribution in [3.05, 3.63) is 12.4 Å². The third-order valence-corrected chi connectivity index (χ3v) is 2.18. The molecule has 0 fully saturated rings. The number of hydrogen-bond donors (Lipinski definition) is 3. The zero-order valence-electron chi connectivity index (χ0n) is 10.6. The van der Waals surface area contributed by atoms with Gasteiger partial charge in [0.15, 0.2) is 0 Å². The van der Waals surface area contributed by atoms with Crippen molar-refractivity contribution in [3.8, 4) is 0 Å². The third-order valence-electron chi connectivity index (χ3n) is 2.18. The molecular formula is C10H13N5O5. The number of hydrogen-bond acceptors (Lipinski definition) is 7. The highest BCUT2D eigenvalue weighted by molar-refractivity contribution is 5.90. The predicted octanol–water partition coefficient (Wildman–Crippen LogP) is -0.600. The van der Waals surface area contributed by atoms with Gasteiger partial charge in [-0.3, -0.25) is 10.1 Å². The first kappa shape index (κ1) is 15.3. The van der Waals surface area contributed by atoms with Gasteiger partial charge in [-0.15, -0.1) is 5.10 Å². The highest BCUT2D eigenvalue weighted by Gasteiger charge is 2.21. The normalized spacial score (nSPS) is 11.2. The van der Waals surface area contributed by atoms with Crippen LogP contribution in [0, 0.1) is 0 Å². The summed E-state index contributed by atoms with van der Waals surface area (Å²) in [5.74, 6) is -1.90. The molecule has 0 aliphatic heterocycles. The Labute approximate surface area is 113 Å². The zero-order valence-corrected chi connectivity index (χ0v) is 10.6. The van der Waals surface area contributed by atoms with Crippen molar-refractivity contribution in [2.24, 2.45) is 0 Å². The minimum Gasteiger partial charge on any atom is -0.480 e. The second-order valence-corrected chi connectivity index (χ2v) is 3.57. The van der Waals surface area contributed by atoms with Crippen molar-refractivity contribution in [1.82, 2.24) is 20.5 Å². The Morgan fingerprint density at radius 2 is 2.15 bits per heavy atom. The van der Waals surface area contributed by atoms with E-state index in [1.165, 1.54) is 19.5 Å². The van der Waals surface area contributed by atoms with Crippen molar-refractivity contribution in [2.75, 3.05) is 12.4 Å². The molecule has 1 heterocycles. The highest BCUT2D eigenvalue weighted by atomic mass is 16.5. The first-order chi connectivity index (χ1) is 9.52. The summed E-state index contributed by atoms with van der Waals surface area (Å²) in [6.45, 7) is 0. The summed E-state index contributed by atoms with van der Waals surface area (Å²) >= 11 is 0. The van der Waals surface area contributed by atoms with Crippen LogP contribution in [0.5, 0.6) is 0 Å². The van der Waals surface area contributed by atoms with Crippen LogP contribution in [0.15, 0.2) is 12.4 Å². The quantitative estimate of drug-likeness (QED) is 0.587. The Balaban J connectivity index is 2.50. The van der Waals surface area contributed by atoms with Gasteiger partial charge in [-0.2, -0.15) is 5.10 Å². The fourth-order valence-corrected chi connectivity index (χ4v) is 1.22. The lowest BCUT2D eigenvalue weighted by Gasteiger charge is -2.13. The van der Waals surface area contributed by atoms with E-state index in [1.54, 1.807) is 0 Å². The molecule has 0 aliphatic rings. The Kier molecular flexibility index (Phi) is 5.81. The van der Waals surface area contributed by atoms with E-state index >= 15 is 0 Å². The van der Waals surface area contributed by atoms with E-state index in [0.717, 1.165) is 0 Å². The van der Waals surface area contributed by atoms with Crippen LogP contribution in [-0.4, -0.2) is 51.4 Å². The summed E-state index contributed by atoms with van der Waals surface area (Å²) in [4.78, 5) is 37.1. The van der Waals surface area contributed by atoms with Gasteiger partial charge in [-0.05, 0) is 6.42 Å². The van der Waals surface area contributed by atoms with Gasteiger partial charge in [0.2, 0.25) is 0 Å². The molecule has 1 atom stereocenters. The molecule has 0 saturated heterocycles. The van der Waals surface area contributed by atoms with Gasteiger partial charge in [-0.1, -0.05) is 0 Å². The van der Waals surface area contributed by atoms with E-state index < -0.39 is 24.0 Å². The minimum atomic E-state index is -1.27. The van der Waals surface area contributed by atoms with Gasteiger partial charge < -0.3 is 15.2 Å². The van der Waals surface area contributed by atoms with Gasteiger partial charge in [0.1, 0.15) is 6.04 Å². The molecule has 0 radical (unpaired) electrons. The molecule has 0 bridgehead atoms. The van der Waals surface area contributed by atoms with Crippen LogP contribution in [0.4, 0.5) is 10.7 Å². The van der Waals surface area contributed by atoms with Crippen molar-refractivity contribution >= 4 is 23.9 Å². The molecule has 108 valence electrons. The molecule has 1 aromatic rings. The number of carboxylic acid groups (broad SMARTS) is 1. The SMILES string of the molecule is COC(=O)CC[C@@H](NC(=O)Nc1nccnn1)C(=O)O. The minimum absolute atomic E-state index is 0.0675. The maximum absolute atomic E-state index is 11.5. The van der Waals surface area contributed by atoms with Crippen molar-refractivity contribution in [3.63, 3.8) is 0 Å². The van der Waals surface area contributed by atoms with Crippen LogP contribution in [0.1, 0.15) is 12.8 Å². The Morgan fingerprint density at radius 1 is 1.40 bits per heavy atom. The van der Waals surface area contributed by atoms with Crippen LogP contribution in [0.2, 0.25) is 0 Å². The van der Waals surface area contributed by atoms with Crippen LogP contribution >= 0.6 is 0 Å². The van der Waals surface area contributed by atoms with E-state index in [1.807, 2.05) is 0 Å². The summed E-state index contributed by atoms with van der Waals surface area (Å²) < 4.78 is 4.39. The molecule has 1 aromatic heterocycles. The number of methoxy groups -OCH3 is 1. The molecule has 20 heavy (non-hydrogen) atoms. The van der Waals surface area contributed by atoms with E-state index in [9.17, 15) is 14.4 Å². The fraction of sp³-hybridized carbons (Fsp3) is 0.400. The van der Waals surface area contributed by atoms with Crippen molar-refractivity contribution in [1.29, 1.82) is 0 Å². The smallest absolute Gasteiger partial charge is 0.326 e. The molecule has 0 spiro atoms. The highest BCUT2D eigenvalue weighted by Crippen LogP contribution is 2.00. The van der Waals surface area contributed by atoms with Crippen molar-refractivity contribution in [2.45, 2.75) is 18.9 Å². The number of rotatable bonds is 6. The first-order valence-corrected chi connectivity index (χ1v) is 5.53. The van der Waals surface area contributed by atoms with E-state index in [0.29, 0.717) is 0 Å². The Hall–Kier alpha value is -2.78. The number of urea groups is 1.